The Labute approximate surface area is 115 Å². The zero-order valence-corrected chi connectivity index (χ0v) is 10.9. The smallest absolute Gasteiger partial charge is 0.222 e. The summed E-state index contributed by atoms with van der Waals surface area (Å²) in [5.41, 5.74) is 9.98. The second-order valence-electron chi connectivity index (χ2n) is 4.10. The highest BCUT2D eigenvalue weighted by Crippen LogP contribution is 2.23. The van der Waals surface area contributed by atoms with Crippen LogP contribution in [0.1, 0.15) is 6.92 Å². The van der Waals surface area contributed by atoms with E-state index in [-0.39, 0.29) is 5.91 Å². The van der Waals surface area contributed by atoms with Crippen molar-refractivity contribution in [1.29, 1.82) is 0 Å². The number of imidazole rings is 1. The van der Waals surface area contributed by atoms with Crippen molar-refractivity contribution in [2.24, 2.45) is 5.84 Å². The second kappa shape index (κ2) is 5.41. The number of carbonyl (C=O) groups excluding carboxylic acids is 1. The summed E-state index contributed by atoms with van der Waals surface area (Å²) in [5.74, 6) is 5.88. The first-order chi connectivity index (χ1) is 9.51. The maximum absolute atomic E-state index is 11.0. The molecule has 2 aromatic rings. The summed E-state index contributed by atoms with van der Waals surface area (Å²) in [6, 6.07) is 1.70. The van der Waals surface area contributed by atoms with Crippen molar-refractivity contribution in [3.63, 3.8) is 0 Å². The molecule has 0 radical (unpaired) electrons. The fraction of sp³-hybridized carbons (Fsp3) is 0.0833. The molecule has 6 N–H and O–H groups in total. The number of pyridine rings is 1. The van der Waals surface area contributed by atoms with E-state index in [1.54, 1.807) is 29.4 Å². The lowest BCUT2D eigenvalue weighted by atomic mass is 10.2. The van der Waals surface area contributed by atoms with Gasteiger partial charge in [0.05, 0.1) is 11.4 Å². The van der Waals surface area contributed by atoms with Crippen molar-refractivity contribution in [1.82, 2.24) is 19.9 Å². The molecule has 20 heavy (non-hydrogen) atoms. The van der Waals surface area contributed by atoms with E-state index in [1.807, 2.05) is 0 Å². The first-order valence-electron chi connectivity index (χ1n) is 5.74. The molecule has 0 aliphatic rings. The van der Waals surface area contributed by atoms with Crippen LogP contribution in [0, 0.1) is 0 Å². The topological polar surface area (TPSA) is 124 Å². The number of carbonyl (C=O) groups is 1. The predicted octanol–water partition coefficient (Wildman–Crippen LogP) is 0.377. The SMILES string of the molecule is C=C(NC(C)=O)n1cnc(-c2cnc(NN)c(N)c2)c1. The molecule has 8 nitrogen and oxygen atoms in total. The lowest BCUT2D eigenvalue weighted by Crippen LogP contribution is -2.20. The molecule has 0 saturated carbocycles. The van der Waals surface area contributed by atoms with Gasteiger partial charge in [0.1, 0.15) is 12.1 Å². The summed E-state index contributed by atoms with van der Waals surface area (Å²) in [6.45, 7) is 5.15. The number of nitrogens with two attached hydrogens (primary N) is 2. The van der Waals surface area contributed by atoms with Gasteiger partial charge in [0.25, 0.3) is 0 Å². The van der Waals surface area contributed by atoms with Gasteiger partial charge in [0, 0.05) is 24.9 Å². The molecule has 0 aliphatic heterocycles. The highest BCUT2D eigenvalue weighted by Gasteiger charge is 2.08. The summed E-state index contributed by atoms with van der Waals surface area (Å²) in [5, 5.41) is 2.58. The van der Waals surface area contributed by atoms with Gasteiger partial charge in [-0.25, -0.2) is 15.8 Å². The van der Waals surface area contributed by atoms with E-state index in [0.29, 0.717) is 23.0 Å². The third kappa shape index (κ3) is 2.75. The Morgan fingerprint density at radius 3 is 2.80 bits per heavy atom. The quantitative estimate of drug-likeness (QED) is 0.471. The minimum atomic E-state index is -0.200. The predicted molar refractivity (Wildman–Crippen MR) is 76.8 cm³/mol. The van der Waals surface area contributed by atoms with Gasteiger partial charge in [0.15, 0.2) is 5.82 Å². The Bertz CT molecular complexity index is 662. The maximum atomic E-state index is 11.0. The molecule has 2 aromatic heterocycles. The van der Waals surface area contributed by atoms with E-state index in [0.717, 1.165) is 5.56 Å². The Kier molecular flexibility index (Phi) is 3.67. The number of anilines is 2. The Morgan fingerprint density at radius 2 is 2.20 bits per heavy atom. The van der Waals surface area contributed by atoms with Gasteiger partial charge >= 0.3 is 0 Å². The molecule has 0 unspecified atom stereocenters. The summed E-state index contributed by atoms with van der Waals surface area (Å²) in [4.78, 5) is 19.3. The first kappa shape index (κ1) is 13.6. The monoisotopic (exact) mass is 273 g/mol. The zero-order valence-electron chi connectivity index (χ0n) is 10.9. The van der Waals surface area contributed by atoms with E-state index in [4.69, 9.17) is 11.6 Å². The third-order valence-corrected chi connectivity index (χ3v) is 2.56. The fourth-order valence-corrected chi connectivity index (χ4v) is 1.63. The number of hydrogen-bond donors (Lipinski definition) is 4. The van der Waals surface area contributed by atoms with Gasteiger partial charge in [-0.1, -0.05) is 6.58 Å². The van der Waals surface area contributed by atoms with Crippen molar-refractivity contribution < 1.29 is 4.79 Å². The molecule has 2 heterocycles. The largest absolute Gasteiger partial charge is 0.396 e. The number of hydrazine groups is 1. The second-order valence-corrected chi connectivity index (χ2v) is 4.10. The number of nitrogens with one attached hydrogen (secondary N) is 2. The van der Waals surface area contributed by atoms with Gasteiger partial charge in [0.2, 0.25) is 5.91 Å². The van der Waals surface area contributed by atoms with E-state index in [9.17, 15) is 4.79 Å². The van der Waals surface area contributed by atoms with Crippen LogP contribution < -0.4 is 22.3 Å². The minimum Gasteiger partial charge on any atom is -0.396 e. The molecular formula is C12H15N7O. The number of hydrogen-bond acceptors (Lipinski definition) is 6. The van der Waals surface area contributed by atoms with Crippen LogP contribution in [0.25, 0.3) is 17.1 Å². The van der Waals surface area contributed by atoms with Crippen molar-refractivity contribution >= 4 is 23.2 Å². The van der Waals surface area contributed by atoms with Crippen molar-refractivity contribution in [3.05, 3.63) is 31.4 Å². The molecule has 8 heteroatoms. The number of nitrogen functional groups attached to an aromatic ring is 2. The lowest BCUT2D eigenvalue weighted by molar-refractivity contribution is -0.117. The summed E-state index contributed by atoms with van der Waals surface area (Å²) in [7, 11) is 0. The molecule has 0 spiro atoms. The molecule has 0 atom stereocenters. The number of aromatic nitrogens is 3. The highest BCUT2D eigenvalue weighted by molar-refractivity contribution is 5.80. The zero-order chi connectivity index (χ0) is 14.7. The van der Waals surface area contributed by atoms with Gasteiger partial charge < -0.3 is 16.5 Å². The van der Waals surface area contributed by atoms with E-state index in [2.05, 4.69) is 27.3 Å². The van der Waals surface area contributed by atoms with Crippen LogP contribution in [0.4, 0.5) is 11.5 Å². The van der Waals surface area contributed by atoms with Gasteiger partial charge in [-0.2, -0.15) is 0 Å². The van der Waals surface area contributed by atoms with Crippen LogP contribution in [0.2, 0.25) is 0 Å². The lowest BCUT2D eigenvalue weighted by Gasteiger charge is -2.06. The highest BCUT2D eigenvalue weighted by atomic mass is 16.1. The molecule has 104 valence electrons. The molecule has 0 bridgehead atoms. The summed E-state index contributed by atoms with van der Waals surface area (Å²) in [6.07, 6.45) is 4.85. The van der Waals surface area contributed by atoms with Gasteiger partial charge in [-0.3, -0.25) is 9.36 Å². The average molecular weight is 273 g/mol. The standard InChI is InChI=1S/C12H15N7O/c1-7(17-8(2)20)19-5-11(16-6-19)9-3-10(13)12(18-14)15-4-9/h3-6H,1,13-14H2,2H3,(H,15,18)(H,17,20). The van der Waals surface area contributed by atoms with Crippen LogP contribution in [0.5, 0.6) is 0 Å². The van der Waals surface area contributed by atoms with Crippen LogP contribution in [0.15, 0.2) is 31.4 Å². The molecule has 0 aliphatic carbocycles. The van der Waals surface area contributed by atoms with E-state index >= 15 is 0 Å². The molecule has 1 amide bonds. The Morgan fingerprint density at radius 1 is 1.45 bits per heavy atom. The molecule has 0 fully saturated rings. The number of nitrogens with zero attached hydrogens (tertiary/aromatic N) is 3. The molecule has 2 rings (SSSR count). The van der Waals surface area contributed by atoms with E-state index < -0.39 is 0 Å². The first-order valence-corrected chi connectivity index (χ1v) is 5.74. The van der Waals surface area contributed by atoms with Crippen LogP contribution in [-0.4, -0.2) is 20.4 Å². The average Bonchev–Trinajstić information content (AvgIpc) is 2.87. The Hall–Kier alpha value is -2.87. The summed E-state index contributed by atoms with van der Waals surface area (Å²) >= 11 is 0. The maximum Gasteiger partial charge on any atom is 0.222 e. The summed E-state index contributed by atoms with van der Waals surface area (Å²) < 4.78 is 1.60. The number of amides is 1. The van der Waals surface area contributed by atoms with Crippen LogP contribution in [0.3, 0.4) is 0 Å². The van der Waals surface area contributed by atoms with Crippen LogP contribution in [-0.2, 0) is 4.79 Å². The molecule has 0 saturated heterocycles. The molecule has 0 aromatic carbocycles. The molecular weight excluding hydrogens is 258 g/mol. The van der Waals surface area contributed by atoms with Crippen molar-refractivity contribution in [3.8, 4) is 11.3 Å². The van der Waals surface area contributed by atoms with Crippen molar-refractivity contribution in [2.45, 2.75) is 6.92 Å². The fourth-order valence-electron chi connectivity index (χ4n) is 1.63. The third-order valence-electron chi connectivity index (χ3n) is 2.56. The van der Waals surface area contributed by atoms with E-state index in [1.165, 1.54) is 6.92 Å². The van der Waals surface area contributed by atoms with Gasteiger partial charge in [-0.05, 0) is 6.07 Å². The number of rotatable bonds is 4. The Balaban J connectivity index is 2.26. The van der Waals surface area contributed by atoms with Crippen molar-refractivity contribution in [2.75, 3.05) is 11.2 Å². The van der Waals surface area contributed by atoms with Crippen LogP contribution >= 0.6 is 0 Å². The van der Waals surface area contributed by atoms with Gasteiger partial charge in [-0.15, -0.1) is 0 Å². The normalized spacial score (nSPS) is 10.1. The minimum absolute atomic E-state index is 0.200.